The van der Waals surface area contributed by atoms with Gasteiger partial charge in [0, 0.05) is 17.6 Å². The summed E-state index contributed by atoms with van der Waals surface area (Å²) < 4.78 is 19.0. The maximum Gasteiger partial charge on any atom is 0.258 e. The molecule has 0 saturated carbocycles. The minimum Gasteiger partial charge on any atom is -0.483 e. The van der Waals surface area contributed by atoms with Crippen molar-refractivity contribution < 1.29 is 13.9 Å². The molecule has 0 aliphatic rings. The average molecular weight is 296 g/mol. The van der Waals surface area contributed by atoms with Crippen LogP contribution in [0.5, 0.6) is 5.75 Å². The number of carbonyl (C=O) groups is 1. The van der Waals surface area contributed by atoms with Crippen molar-refractivity contribution in [2.75, 3.05) is 13.2 Å². The van der Waals surface area contributed by atoms with Crippen LogP contribution in [0, 0.1) is 5.82 Å². The van der Waals surface area contributed by atoms with Crippen LogP contribution in [0.15, 0.2) is 18.2 Å². The summed E-state index contributed by atoms with van der Waals surface area (Å²) >= 11 is 0. The first-order valence-corrected chi connectivity index (χ1v) is 7.39. The second kappa shape index (κ2) is 8.62. The van der Waals surface area contributed by atoms with Crippen LogP contribution in [0.4, 0.5) is 4.39 Å². The van der Waals surface area contributed by atoms with Gasteiger partial charge in [-0.2, -0.15) is 0 Å². The molecule has 4 nitrogen and oxygen atoms in total. The Morgan fingerprint density at radius 3 is 2.67 bits per heavy atom. The fraction of sp³-hybridized carbons (Fsp3) is 0.562. The first kappa shape index (κ1) is 17.4. The molecule has 0 fully saturated rings. The van der Waals surface area contributed by atoms with Gasteiger partial charge in [0.1, 0.15) is 11.6 Å². The quantitative estimate of drug-likeness (QED) is 0.775. The molecule has 0 heterocycles. The molecule has 2 N–H and O–H groups in total. The summed E-state index contributed by atoms with van der Waals surface area (Å²) in [4.78, 5) is 11.6. The highest BCUT2D eigenvalue weighted by Gasteiger charge is 2.14. The van der Waals surface area contributed by atoms with Gasteiger partial charge in [-0.25, -0.2) is 4.39 Å². The lowest BCUT2D eigenvalue weighted by atomic mass is 10.1. The average Bonchev–Trinajstić information content (AvgIpc) is 2.42. The monoisotopic (exact) mass is 296 g/mol. The minimum absolute atomic E-state index is 0.0381. The summed E-state index contributed by atoms with van der Waals surface area (Å²) in [6, 6.07) is 4.38. The second-order valence-corrected chi connectivity index (χ2v) is 5.37. The zero-order valence-corrected chi connectivity index (χ0v) is 13.2. The third-order valence-electron chi connectivity index (χ3n) is 2.95. The maximum atomic E-state index is 13.4. The lowest BCUT2D eigenvalue weighted by Crippen LogP contribution is -2.34. The molecule has 0 aliphatic carbocycles. The summed E-state index contributed by atoms with van der Waals surface area (Å²) in [5, 5.41) is 6.04. The van der Waals surface area contributed by atoms with Crippen LogP contribution < -0.4 is 15.4 Å². The maximum absolute atomic E-state index is 13.4. The number of amides is 1. The number of carbonyl (C=O) groups excluding carboxylic acids is 1. The standard InChI is InChI=1S/C16H25FN2O2/c1-5-8-18-12(4)14-9-13(17)6-7-15(14)21-10-16(20)19-11(2)3/h6-7,9,11-12,18H,5,8,10H2,1-4H3,(H,19,20). The van der Waals surface area contributed by atoms with Crippen LogP contribution in [-0.2, 0) is 4.79 Å². The Kier molecular flexibility index (Phi) is 7.15. The van der Waals surface area contributed by atoms with E-state index in [4.69, 9.17) is 4.74 Å². The van der Waals surface area contributed by atoms with Gasteiger partial charge in [0.15, 0.2) is 6.61 Å². The van der Waals surface area contributed by atoms with Crippen molar-refractivity contribution in [1.29, 1.82) is 0 Å². The molecule has 1 aromatic rings. The fourth-order valence-corrected chi connectivity index (χ4v) is 1.97. The largest absolute Gasteiger partial charge is 0.483 e. The van der Waals surface area contributed by atoms with E-state index in [0.717, 1.165) is 18.5 Å². The highest BCUT2D eigenvalue weighted by molar-refractivity contribution is 5.77. The third-order valence-corrected chi connectivity index (χ3v) is 2.95. The van der Waals surface area contributed by atoms with Crippen molar-refractivity contribution in [1.82, 2.24) is 10.6 Å². The van der Waals surface area contributed by atoms with Gasteiger partial charge in [-0.05, 0) is 51.9 Å². The third kappa shape index (κ3) is 6.12. The molecule has 1 aromatic carbocycles. The Morgan fingerprint density at radius 1 is 1.33 bits per heavy atom. The number of hydrogen-bond donors (Lipinski definition) is 2. The molecule has 0 spiro atoms. The molecule has 1 amide bonds. The van der Waals surface area contributed by atoms with Crippen LogP contribution in [-0.4, -0.2) is 25.1 Å². The smallest absolute Gasteiger partial charge is 0.258 e. The Bertz CT molecular complexity index is 464. The normalized spacial score (nSPS) is 12.3. The Hall–Kier alpha value is -1.62. The summed E-state index contributed by atoms with van der Waals surface area (Å²) in [7, 11) is 0. The van der Waals surface area contributed by atoms with Crippen molar-refractivity contribution in [3.63, 3.8) is 0 Å². The van der Waals surface area contributed by atoms with Crippen LogP contribution >= 0.6 is 0 Å². The predicted octanol–water partition coefficient (Wildman–Crippen LogP) is 2.79. The molecular formula is C16H25FN2O2. The van der Waals surface area contributed by atoms with Crippen LogP contribution in [0.3, 0.4) is 0 Å². The van der Waals surface area contributed by atoms with Crippen molar-refractivity contribution >= 4 is 5.91 Å². The molecule has 1 atom stereocenters. The van der Waals surface area contributed by atoms with E-state index in [1.165, 1.54) is 12.1 Å². The molecule has 118 valence electrons. The van der Waals surface area contributed by atoms with Gasteiger partial charge in [-0.1, -0.05) is 6.92 Å². The number of ether oxygens (including phenoxy) is 1. The molecule has 0 bridgehead atoms. The van der Waals surface area contributed by atoms with E-state index in [-0.39, 0.29) is 30.4 Å². The number of nitrogens with one attached hydrogen (secondary N) is 2. The zero-order chi connectivity index (χ0) is 15.8. The van der Waals surface area contributed by atoms with E-state index >= 15 is 0 Å². The summed E-state index contributed by atoms with van der Waals surface area (Å²) in [6.07, 6.45) is 0.993. The lowest BCUT2D eigenvalue weighted by molar-refractivity contribution is -0.123. The number of hydrogen-bond acceptors (Lipinski definition) is 3. The van der Waals surface area contributed by atoms with E-state index < -0.39 is 0 Å². The highest BCUT2D eigenvalue weighted by atomic mass is 19.1. The van der Waals surface area contributed by atoms with Crippen molar-refractivity contribution in [3.8, 4) is 5.75 Å². The second-order valence-electron chi connectivity index (χ2n) is 5.37. The minimum atomic E-state index is -0.311. The van der Waals surface area contributed by atoms with Gasteiger partial charge < -0.3 is 15.4 Å². The van der Waals surface area contributed by atoms with Gasteiger partial charge in [0.05, 0.1) is 0 Å². The van der Waals surface area contributed by atoms with E-state index in [2.05, 4.69) is 17.6 Å². The van der Waals surface area contributed by atoms with Crippen molar-refractivity contribution in [2.24, 2.45) is 0 Å². The molecule has 5 heteroatoms. The van der Waals surface area contributed by atoms with Crippen LogP contribution in [0.25, 0.3) is 0 Å². The number of benzene rings is 1. The van der Waals surface area contributed by atoms with Gasteiger partial charge in [-0.15, -0.1) is 0 Å². The Labute approximate surface area is 126 Å². The highest BCUT2D eigenvalue weighted by Crippen LogP contribution is 2.26. The lowest BCUT2D eigenvalue weighted by Gasteiger charge is -2.18. The van der Waals surface area contributed by atoms with Gasteiger partial charge >= 0.3 is 0 Å². The van der Waals surface area contributed by atoms with E-state index in [1.54, 1.807) is 6.07 Å². The molecule has 0 aliphatic heterocycles. The van der Waals surface area contributed by atoms with Gasteiger partial charge in [0.2, 0.25) is 0 Å². The molecule has 1 rings (SSSR count). The molecule has 1 unspecified atom stereocenters. The zero-order valence-electron chi connectivity index (χ0n) is 13.2. The molecular weight excluding hydrogens is 271 g/mol. The van der Waals surface area contributed by atoms with Crippen LogP contribution in [0.2, 0.25) is 0 Å². The van der Waals surface area contributed by atoms with Gasteiger partial charge in [0.25, 0.3) is 5.91 Å². The van der Waals surface area contributed by atoms with E-state index in [0.29, 0.717) is 5.75 Å². The molecule has 0 radical (unpaired) electrons. The topological polar surface area (TPSA) is 50.4 Å². The van der Waals surface area contributed by atoms with Crippen molar-refractivity contribution in [2.45, 2.75) is 46.2 Å². The Morgan fingerprint density at radius 2 is 2.05 bits per heavy atom. The summed E-state index contributed by atoms with van der Waals surface area (Å²) in [5.74, 6) is 0.0370. The van der Waals surface area contributed by atoms with E-state index in [9.17, 15) is 9.18 Å². The fourth-order valence-electron chi connectivity index (χ4n) is 1.97. The molecule has 0 aromatic heterocycles. The van der Waals surface area contributed by atoms with Crippen molar-refractivity contribution in [3.05, 3.63) is 29.6 Å². The van der Waals surface area contributed by atoms with Crippen LogP contribution in [0.1, 0.15) is 45.7 Å². The number of halogens is 1. The summed E-state index contributed by atoms with van der Waals surface area (Å²) in [6.45, 7) is 8.56. The molecule has 21 heavy (non-hydrogen) atoms. The van der Waals surface area contributed by atoms with E-state index in [1.807, 2.05) is 20.8 Å². The summed E-state index contributed by atoms with van der Waals surface area (Å²) in [5.41, 5.74) is 0.723. The first-order valence-electron chi connectivity index (χ1n) is 7.39. The molecule has 0 saturated heterocycles. The number of rotatable bonds is 8. The Balaban J connectivity index is 2.74. The predicted molar refractivity (Wildman–Crippen MR) is 81.9 cm³/mol. The first-order chi connectivity index (χ1) is 9.93. The SMILES string of the molecule is CCCNC(C)c1cc(F)ccc1OCC(=O)NC(C)C. The van der Waals surface area contributed by atoms with Gasteiger partial charge in [-0.3, -0.25) is 4.79 Å².